The van der Waals surface area contributed by atoms with Crippen LogP contribution < -0.4 is 14.8 Å². The second-order valence-corrected chi connectivity index (χ2v) is 6.63. The van der Waals surface area contributed by atoms with Crippen LogP contribution in [0.2, 0.25) is 5.02 Å². The molecular formula is C20H22ClNO3. The lowest BCUT2D eigenvalue weighted by Crippen LogP contribution is -2.15. The van der Waals surface area contributed by atoms with Crippen LogP contribution in [0.3, 0.4) is 0 Å². The highest BCUT2D eigenvalue weighted by Crippen LogP contribution is 2.36. The Hall–Kier alpha value is -2.20. The lowest BCUT2D eigenvalue weighted by Gasteiger charge is -2.17. The van der Waals surface area contributed by atoms with Crippen molar-refractivity contribution in [1.82, 2.24) is 0 Å². The minimum Gasteiger partial charge on any atom is -0.495 e. The molecule has 0 spiro atoms. The Balaban J connectivity index is 1.74. The standard InChI is InChI=1S/C20H22ClNO3/c1-24-18-12-17(19(25-2)11-16(18)21)22-20(23)10-13-7-8-14-5-3-4-6-15(14)9-13/h7-9,11-12H,3-6,10H2,1-2H3,(H,22,23). The first-order valence-electron chi connectivity index (χ1n) is 8.42. The maximum absolute atomic E-state index is 12.5. The summed E-state index contributed by atoms with van der Waals surface area (Å²) in [5.74, 6) is 0.898. The number of rotatable bonds is 5. The van der Waals surface area contributed by atoms with Gasteiger partial charge in [-0.15, -0.1) is 0 Å². The molecule has 0 radical (unpaired) electrons. The minimum absolute atomic E-state index is 0.0987. The molecule has 4 nitrogen and oxygen atoms in total. The molecular weight excluding hydrogens is 338 g/mol. The number of amides is 1. The molecule has 0 fully saturated rings. The topological polar surface area (TPSA) is 47.6 Å². The van der Waals surface area contributed by atoms with Crippen molar-refractivity contribution in [2.75, 3.05) is 19.5 Å². The van der Waals surface area contributed by atoms with Crippen molar-refractivity contribution in [3.63, 3.8) is 0 Å². The summed E-state index contributed by atoms with van der Waals surface area (Å²) in [4.78, 5) is 12.5. The Kier molecular flexibility index (Phi) is 5.49. The highest BCUT2D eigenvalue weighted by atomic mass is 35.5. The third-order valence-corrected chi connectivity index (χ3v) is 4.82. The molecule has 3 rings (SSSR count). The lowest BCUT2D eigenvalue weighted by molar-refractivity contribution is -0.115. The molecule has 0 aromatic heterocycles. The highest BCUT2D eigenvalue weighted by molar-refractivity contribution is 6.32. The van der Waals surface area contributed by atoms with Crippen molar-refractivity contribution in [1.29, 1.82) is 0 Å². The van der Waals surface area contributed by atoms with Crippen LogP contribution in [0.5, 0.6) is 11.5 Å². The van der Waals surface area contributed by atoms with E-state index in [1.165, 1.54) is 38.2 Å². The number of carbonyl (C=O) groups is 1. The summed E-state index contributed by atoms with van der Waals surface area (Å²) >= 11 is 6.10. The molecule has 0 unspecified atom stereocenters. The van der Waals surface area contributed by atoms with Gasteiger partial charge in [-0.1, -0.05) is 29.8 Å². The van der Waals surface area contributed by atoms with Crippen LogP contribution in [-0.4, -0.2) is 20.1 Å². The van der Waals surface area contributed by atoms with Crippen molar-refractivity contribution in [2.45, 2.75) is 32.1 Å². The van der Waals surface area contributed by atoms with Crippen molar-refractivity contribution in [3.05, 3.63) is 52.0 Å². The summed E-state index contributed by atoms with van der Waals surface area (Å²) in [5, 5.41) is 3.33. The van der Waals surface area contributed by atoms with Crippen LogP contribution in [0.4, 0.5) is 5.69 Å². The number of ether oxygens (including phenoxy) is 2. The fourth-order valence-corrected chi connectivity index (χ4v) is 3.47. The van der Waals surface area contributed by atoms with E-state index in [1.54, 1.807) is 12.1 Å². The fraction of sp³-hybridized carbons (Fsp3) is 0.350. The highest BCUT2D eigenvalue weighted by Gasteiger charge is 2.14. The van der Waals surface area contributed by atoms with Gasteiger partial charge in [0, 0.05) is 12.1 Å². The summed E-state index contributed by atoms with van der Waals surface area (Å²) < 4.78 is 10.5. The Labute approximate surface area is 153 Å². The van der Waals surface area contributed by atoms with E-state index in [0.717, 1.165) is 18.4 Å². The molecule has 0 atom stereocenters. The maximum atomic E-state index is 12.5. The second-order valence-electron chi connectivity index (χ2n) is 6.22. The van der Waals surface area contributed by atoms with Gasteiger partial charge in [0.05, 0.1) is 31.4 Å². The van der Waals surface area contributed by atoms with Crippen LogP contribution in [0, 0.1) is 0 Å². The lowest BCUT2D eigenvalue weighted by atomic mass is 9.90. The predicted molar refractivity (Wildman–Crippen MR) is 100.0 cm³/mol. The van der Waals surface area contributed by atoms with E-state index in [0.29, 0.717) is 28.6 Å². The number of aryl methyl sites for hydroxylation is 2. The predicted octanol–water partition coefficient (Wildman–Crippen LogP) is 4.42. The molecule has 1 aliphatic carbocycles. The molecule has 25 heavy (non-hydrogen) atoms. The number of benzene rings is 2. The Bertz CT molecular complexity index is 789. The second kappa shape index (κ2) is 7.79. The zero-order chi connectivity index (χ0) is 17.8. The number of hydrogen-bond donors (Lipinski definition) is 1. The number of carbonyl (C=O) groups excluding carboxylic acids is 1. The first-order valence-corrected chi connectivity index (χ1v) is 8.80. The van der Waals surface area contributed by atoms with Crippen LogP contribution in [0.1, 0.15) is 29.5 Å². The number of fused-ring (bicyclic) bond motifs is 1. The number of halogens is 1. The number of anilines is 1. The number of methoxy groups -OCH3 is 2. The molecule has 1 aliphatic rings. The van der Waals surface area contributed by atoms with E-state index in [4.69, 9.17) is 21.1 Å². The third kappa shape index (κ3) is 4.07. The number of hydrogen-bond acceptors (Lipinski definition) is 3. The van der Waals surface area contributed by atoms with Crippen LogP contribution in [-0.2, 0) is 24.1 Å². The summed E-state index contributed by atoms with van der Waals surface area (Å²) in [6.07, 6.45) is 5.05. The van der Waals surface area contributed by atoms with Gasteiger partial charge >= 0.3 is 0 Å². The van der Waals surface area contributed by atoms with Gasteiger partial charge in [0.1, 0.15) is 11.5 Å². The molecule has 2 aromatic carbocycles. The third-order valence-electron chi connectivity index (χ3n) is 4.53. The van der Waals surface area contributed by atoms with Gasteiger partial charge in [0.15, 0.2) is 0 Å². The van der Waals surface area contributed by atoms with Crippen LogP contribution >= 0.6 is 11.6 Å². The van der Waals surface area contributed by atoms with E-state index in [-0.39, 0.29) is 5.91 Å². The average Bonchev–Trinajstić information content (AvgIpc) is 2.62. The van der Waals surface area contributed by atoms with E-state index in [2.05, 4.69) is 17.4 Å². The van der Waals surface area contributed by atoms with E-state index in [1.807, 2.05) is 6.07 Å². The normalized spacial score (nSPS) is 13.1. The number of nitrogens with one attached hydrogen (secondary N) is 1. The first kappa shape index (κ1) is 17.6. The van der Waals surface area contributed by atoms with Crippen molar-refractivity contribution in [2.24, 2.45) is 0 Å². The fourth-order valence-electron chi connectivity index (χ4n) is 3.23. The van der Waals surface area contributed by atoms with Gasteiger partial charge in [-0.2, -0.15) is 0 Å². The Morgan fingerprint density at radius 2 is 1.76 bits per heavy atom. The SMILES string of the molecule is COc1cc(NC(=O)Cc2ccc3c(c2)CCCC3)c(OC)cc1Cl. The van der Waals surface area contributed by atoms with E-state index >= 15 is 0 Å². The minimum atomic E-state index is -0.0987. The zero-order valence-corrected chi connectivity index (χ0v) is 15.3. The largest absolute Gasteiger partial charge is 0.495 e. The average molecular weight is 360 g/mol. The Morgan fingerprint density at radius 3 is 2.48 bits per heavy atom. The summed E-state index contributed by atoms with van der Waals surface area (Å²) in [6.45, 7) is 0. The summed E-state index contributed by atoms with van der Waals surface area (Å²) in [6, 6.07) is 9.67. The quantitative estimate of drug-likeness (QED) is 0.859. The van der Waals surface area contributed by atoms with E-state index < -0.39 is 0 Å². The maximum Gasteiger partial charge on any atom is 0.228 e. The van der Waals surface area contributed by atoms with Gasteiger partial charge in [-0.3, -0.25) is 4.79 Å². The van der Waals surface area contributed by atoms with Crippen molar-refractivity contribution < 1.29 is 14.3 Å². The molecule has 1 N–H and O–H groups in total. The van der Waals surface area contributed by atoms with Gasteiger partial charge < -0.3 is 14.8 Å². The molecule has 1 amide bonds. The van der Waals surface area contributed by atoms with Gasteiger partial charge in [0.25, 0.3) is 0 Å². The van der Waals surface area contributed by atoms with Crippen molar-refractivity contribution in [3.8, 4) is 11.5 Å². The van der Waals surface area contributed by atoms with Gasteiger partial charge in [-0.05, 0) is 42.4 Å². The molecule has 0 saturated heterocycles. The molecule has 0 saturated carbocycles. The Morgan fingerprint density at radius 1 is 1.04 bits per heavy atom. The molecule has 0 heterocycles. The smallest absolute Gasteiger partial charge is 0.228 e. The van der Waals surface area contributed by atoms with Crippen LogP contribution in [0.25, 0.3) is 0 Å². The molecule has 132 valence electrons. The van der Waals surface area contributed by atoms with Gasteiger partial charge in [0.2, 0.25) is 5.91 Å². The molecule has 5 heteroatoms. The zero-order valence-electron chi connectivity index (χ0n) is 14.5. The molecule has 2 aromatic rings. The van der Waals surface area contributed by atoms with Gasteiger partial charge in [-0.25, -0.2) is 0 Å². The summed E-state index contributed by atoms with van der Waals surface area (Å²) in [5.41, 5.74) is 4.37. The molecule has 0 aliphatic heterocycles. The molecule has 0 bridgehead atoms. The van der Waals surface area contributed by atoms with Crippen LogP contribution in [0.15, 0.2) is 30.3 Å². The summed E-state index contributed by atoms with van der Waals surface area (Å²) in [7, 11) is 3.07. The monoisotopic (exact) mass is 359 g/mol. The van der Waals surface area contributed by atoms with E-state index in [9.17, 15) is 4.79 Å². The van der Waals surface area contributed by atoms with Crippen molar-refractivity contribution >= 4 is 23.2 Å². The first-order chi connectivity index (χ1) is 12.1.